The van der Waals surface area contributed by atoms with Crippen molar-refractivity contribution < 1.29 is 0 Å². The molecule has 1 aliphatic rings. The first-order chi connectivity index (χ1) is 21.3. The Morgan fingerprint density at radius 2 is 1.32 bits per heavy atom. The molecule has 0 N–H and O–H groups in total. The second-order valence-electron chi connectivity index (χ2n) is 11.4. The lowest BCUT2D eigenvalue weighted by Crippen LogP contribution is -2.09. The summed E-state index contributed by atoms with van der Waals surface area (Å²) in [6.07, 6.45) is 17.3. The van der Waals surface area contributed by atoms with Gasteiger partial charge in [-0.1, -0.05) is 161 Å². The van der Waals surface area contributed by atoms with E-state index in [9.17, 15) is 0 Å². The Bertz CT molecular complexity index is 2060. The van der Waals surface area contributed by atoms with Crippen molar-refractivity contribution in [1.29, 1.82) is 0 Å². The molecule has 0 radical (unpaired) electrons. The summed E-state index contributed by atoms with van der Waals surface area (Å²) in [5.74, 6) is 0.292. The van der Waals surface area contributed by atoms with Gasteiger partial charge in [0.1, 0.15) is 0 Å². The van der Waals surface area contributed by atoms with Gasteiger partial charge >= 0.3 is 0 Å². The molecule has 0 heteroatoms. The third kappa shape index (κ3) is 6.26. The number of benzene rings is 3. The monoisotopic (exact) mass is 568 g/mol. The van der Waals surface area contributed by atoms with E-state index < -0.39 is 0 Å². The summed E-state index contributed by atoms with van der Waals surface area (Å²) in [7, 11) is 0. The molecule has 1 unspecified atom stereocenters. The molecular formula is C44H40. The molecule has 0 fully saturated rings. The molecule has 216 valence electrons. The molecule has 44 heavy (non-hydrogen) atoms. The summed E-state index contributed by atoms with van der Waals surface area (Å²) < 4.78 is 0. The highest BCUT2D eigenvalue weighted by Crippen LogP contribution is 2.32. The van der Waals surface area contributed by atoms with Gasteiger partial charge in [0.15, 0.2) is 0 Å². The molecule has 0 amide bonds. The van der Waals surface area contributed by atoms with Crippen LogP contribution in [0.2, 0.25) is 0 Å². The number of hydrogen-bond donors (Lipinski definition) is 0. The maximum atomic E-state index is 4.56. The summed E-state index contributed by atoms with van der Waals surface area (Å²) in [4.78, 5) is 0. The summed E-state index contributed by atoms with van der Waals surface area (Å²) in [6.45, 7) is 23.7. The number of fused-ring (bicyclic) bond motifs is 2. The van der Waals surface area contributed by atoms with Crippen molar-refractivity contribution in [3.8, 4) is 11.1 Å². The van der Waals surface area contributed by atoms with E-state index in [1.165, 1.54) is 10.8 Å². The molecule has 0 saturated heterocycles. The van der Waals surface area contributed by atoms with Gasteiger partial charge in [0, 0.05) is 0 Å². The highest BCUT2D eigenvalue weighted by molar-refractivity contribution is 5.92. The molecule has 0 nitrogen and oxygen atoms in total. The van der Waals surface area contributed by atoms with Crippen LogP contribution in [0.4, 0.5) is 0 Å². The molecule has 5 rings (SSSR count). The van der Waals surface area contributed by atoms with Gasteiger partial charge in [0.25, 0.3) is 0 Å². The number of rotatable bonds is 6. The zero-order valence-electron chi connectivity index (χ0n) is 26.1. The van der Waals surface area contributed by atoms with Gasteiger partial charge in [-0.25, -0.2) is 0 Å². The Hall–Kier alpha value is -5.20. The van der Waals surface area contributed by atoms with Crippen LogP contribution in [0.1, 0.15) is 54.2 Å². The molecule has 1 aliphatic carbocycles. The van der Waals surface area contributed by atoms with E-state index in [1.807, 2.05) is 12.2 Å². The normalized spacial score (nSPS) is 14.5. The van der Waals surface area contributed by atoms with Crippen molar-refractivity contribution >= 4 is 59.4 Å². The summed E-state index contributed by atoms with van der Waals surface area (Å²) in [5.41, 5.74) is 11.3. The SMILES string of the molecule is C=Cc1cccc(/C(C)=C/C=C(\C)c2c3c(c(-c4ccc5ccccc5c4)c(=C)ccccc2=C)C=CC(C)C=C3)c1C=C. The lowest BCUT2D eigenvalue weighted by molar-refractivity contribution is 0.954. The van der Waals surface area contributed by atoms with E-state index in [0.29, 0.717) is 5.92 Å². The Morgan fingerprint density at radius 3 is 2.05 bits per heavy atom. The van der Waals surface area contributed by atoms with Gasteiger partial charge in [-0.15, -0.1) is 0 Å². The van der Waals surface area contributed by atoms with Crippen molar-refractivity contribution in [2.24, 2.45) is 5.92 Å². The molecule has 0 spiro atoms. The van der Waals surface area contributed by atoms with E-state index in [1.54, 1.807) is 0 Å². The first kappa shape index (κ1) is 30.3. The van der Waals surface area contributed by atoms with E-state index in [2.05, 4.69) is 168 Å². The van der Waals surface area contributed by atoms with Crippen molar-refractivity contribution in [2.45, 2.75) is 20.8 Å². The lowest BCUT2D eigenvalue weighted by Gasteiger charge is -2.14. The van der Waals surface area contributed by atoms with E-state index in [-0.39, 0.29) is 0 Å². The largest absolute Gasteiger partial charge is 0.0984 e. The Kier molecular flexibility index (Phi) is 9.22. The molecule has 0 heterocycles. The van der Waals surface area contributed by atoms with Gasteiger partial charge in [-0.05, 0) is 103 Å². The number of allylic oxidation sites excluding steroid dienone is 6. The zero-order chi connectivity index (χ0) is 31.2. The smallest absolute Gasteiger partial charge is 0.00385 e. The molecule has 0 saturated carbocycles. The van der Waals surface area contributed by atoms with Crippen LogP contribution >= 0.6 is 0 Å². The first-order valence-corrected chi connectivity index (χ1v) is 15.1. The molecule has 4 aromatic carbocycles. The molecule has 1 atom stereocenters. The summed E-state index contributed by atoms with van der Waals surface area (Å²) in [6, 6.07) is 29.8. The third-order valence-corrected chi connectivity index (χ3v) is 8.31. The second kappa shape index (κ2) is 13.4. The van der Waals surface area contributed by atoms with Crippen LogP contribution in [0.25, 0.3) is 70.5 Å². The lowest BCUT2D eigenvalue weighted by atomic mass is 9.90. The number of hydrogen-bond acceptors (Lipinski definition) is 0. The van der Waals surface area contributed by atoms with Gasteiger partial charge < -0.3 is 0 Å². The Labute approximate surface area is 262 Å². The topological polar surface area (TPSA) is 0 Å². The molecule has 0 aliphatic heterocycles. The fourth-order valence-corrected chi connectivity index (χ4v) is 5.94. The Balaban J connectivity index is 1.82. The average Bonchev–Trinajstić information content (AvgIpc) is 3.22. The highest BCUT2D eigenvalue weighted by atomic mass is 14.2. The van der Waals surface area contributed by atoms with Crippen LogP contribution in [0.5, 0.6) is 0 Å². The fourth-order valence-electron chi connectivity index (χ4n) is 5.94. The predicted molar refractivity (Wildman–Crippen MR) is 198 cm³/mol. The van der Waals surface area contributed by atoms with E-state index >= 15 is 0 Å². The quantitative estimate of drug-likeness (QED) is 0.203. The Morgan fingerprint density at radius 1 is 0.659 bits per heavy atom. The second-order valence-corrected chi connectivity index (χ2v) is 11.4. The van der Waals surface area contributed by atoms with Crippen LogP contribution in [0, 0.1) is 5.92 Å². The highest BCUT2D eigenvalue weighted by Gasteiger charge is 2.14. The van der Waals surface area contributed by atoms with E-state index in [0.717, 1.165) is 66.1 Å². The molecular weight excluding hydrogens is 528 g/mol. The third-order valence-electron chi connectivity index (χ3n) is 8.31. The van der Waals surface area contributed by atoms with Crippen LogP contribution in [0.3, 0.4) is 0 Å². The van der Waals surface area contributed by atoms with Crippen molar-refractivity contribution in [1.82, 2.24) is 0 Å². The average molecular weight is 569 g/mol. The van der Waals surface area contributed by atoms with Gasteiger partial charge in [-0.2, -0.15) is 0 Å². The first-order valence-electron chi connectivity index (χ1n) is 15.1. The van der Waals surface area contributed by atoms with Crippen LogP contribution in [-0.2, 0) is 0 Å². The maximum Gasteiger partial charge on any atom is -0.00385 e. The van der Waals surface area contributed by atoms with Gasteiger partial charge in [0.2, 0.25) is 0 Å². The van der Waals surface area contributed by atoms with Crippen LogP contribution < -0.4 is 10.4 Å². The summed E-state index contributed by atoms with van der Waals surface area (Å²) in [5, 5.41) is 4.35. The fraction of sp³-hybridized carbons (Fsp3) is 0.0909. The van der Waals surface area contributed by atoms with Crippen molar-refractivity contribution in [2.75, 3.05) is 0 Å². The van der Waals surface area contributed by atoms with Crippen molar-refractivity contribution in [3.05, 3.63) is 166 Å². The predicted octanol–water partition coefficient (Wildman–Crippen LogP) is 10.9. The minimum absolute atomic E-state index is 0.292. The summed E-state index contributed by atoms with van der Waals surface area (Å²) >= 11 is 0. The minimum atomic E-state index is 0.292. The standard InChI is InChI=1S/C44H40/c1-8-35-19-14-20-40(39(35)9-2)31(4)23-24-34(7)43-32(5)15-10-11-16-33(6)44(42-28-22-30(3)21-27-41(42)43)38-26-25-36-17-12-13-18-37(36)29-38/h8-30H,1-2,5-6H2,3-4,7H3/b15-10?,16-11?,31-23+,34-24+,43-41?,44-42?. The van der Waals surface area contributed by atoms with Gasteiger partial charge in [-0.3, -0.25) is 0 Å². The molecule has 0 aromatic heterocycles. The molecule has 4 aromatic rings. The van der Waals surface area contributed by atoms with E-state index in [4.69, 9.17) is 0 Å². The molecule has 0 bridgehead atoms. The van der Waals surface area contributed by atoms with Crippen LogP contribution in [0.15, 0.2) is 122 Å². The van der Waals surface area contributed by atoms with Gasteiger partial charge in [0.05, 0.1) is 0 Å². The van der Waals surface area contributed by atoms with Crippen molar-refractivity contribution in [3.63, 3.8) is 0 Å². The minimum Gasteiger partial charge on any atom is -0.0984 e. The maximum absolute atomic E-state index is 4.56. The van der Waals surface area contributed by atoms with Crippen LogP contribution in [-0.4, -0.2) is 0 Å². The zero-order valence-corrected chi connectivity index (χ0v) is 26.1.